The van der Waals surface area contributed by atoms with Gasteiger partial charge in [-0.15, -0.1) is 0 Å². The number of carbonyl (C=O) groups excluding carboxylic acids is 1. The van der Waals surface area contributed by atoms with Crippen LogP contribution in [0.15, 0.2) is 41.5 Å². The van der Waals surface area contributed by atoms with E-state index >= 15 is 0 Å². The summed E-state index contributed by atoms with van der Waals surface area (Å²) >= 11 is 5.86. The molecule has 126 valence electrons. The van der Waals surface area contributed by atoms with Crippen molar-refractivity contribution >= 4 is 23.7 Å². The molecule has 0 bridgehead atoms. The van der Waals surface area contributed by atoms with Crippen LogP contribution in [0, 0.1) is 0 Å². The second-order valence-electron chi connectivity index (χ2n) is 4.66. The van der Waals surface area contributed by atoms with Crippen molar-refractivity contribution in [2.24, 2.45) is 5.10 Å². The molecule has 2 aromatic carbocycles. The lowest BCUT2D eigenvalue weighted by molar-refractivity contribution is 0.0955. The van der Waals surface area contributed by atoms with E-state index in [4.69, 9.17) is 25.8 Å². The molecule has 0 atom stereocenters. The van der Waals surface area contributed by atoms with E-state index in [1.54, 1.807) is 36.4 Å². The zero-order chi connectivity index (χ0) is 17.5. The smallest absolute Gasteiger partial charge is 0.271 e. The minimum Gasteiger partial charge on any atom is -0.496 e. The van der Waals surface area contributed by atoms with E-state index in [0.717, 1.165) is 0 Å². The van der Waals surface area contributed by atoms with Crippen molar-refractivity contribution in [1.82, 2.24) is 5.43 Å². The Hall–Kier alpha value is -2.73. The van der Waals surface area contributed by atoms with E-state index < -0.39 is 0 Å². The Morgan fingerprint density at radius 3 is 2.33 bits per heavy atom. The Labute approximate surface area is 145 Å². The van der Waals surface area contributed by atoms with E-state index in [2.05, 4.69) is 10.5 Å². The van der Waals surface area contributed by atoms with Crippen molar-refractivity contribution in [3.8, 4) is 17.2 Å². The van der Waals surface area contributed by atoms with Crippen LogP contribution in [0.2, 0.25) is 5.02 Å². The molecule has 7 heteroatoms. The minimum atomic E-state index is -0.367. The highest BCUT2D eigenvalue weighted by atomic mass is 35.5. The maximum absolute atomic E-state index is 12.0. The van der Waals surface area contributed by atoms with E-state index in [1.807, 2.05) is 0 Å². The zero-order valence-corrected chi connectivity index (χ0v) is 14.3. The van der Waals surface area contributed by atoms with Gasteiger partial charge in [-0.1, -0.05) is 17.7 Å². The third kappa shape index (κ3) is 4.17. The quantitative estimate of drug-likeness (QED) is 0.643. The number of benzene rings is 2. The van der Waals surface area contributed by atoms with Crippen molar-refractivity contribution in [2.75, 3.05) is 21.3 Å². The van der Waals surface area contributed by atoms with Crippen LogP contribution in [0.4, 0.5) is 0 Å². The molecule has 0 spiro atoms. The van der Waals surface area contributed by atoms with Crippen LogP contribution in [-0.2, 0) is 0 Å². The molecule has 0 saturated heterocycles. The third-order valence-electron chi connectivity index (χ3n) is 3.19. The van der Waals surface area contributed by atoms with Gasteiger partial charge in [-0.3, -0.25) is 4.79 Å². The van der Waals surface area contributed by atoms with Crippen LogP contribution >= 0.6 is 11.6 Å². The van der Waals surface area contributed by atoms with Gasteiger partial charge in [0.2, 0.25) is 0 Å². The van der Waals surface area contributed by atoms with Gasteiger partial charge >= 0.3 is 0 Å². The van der Waals surface area contributed by atoms with Gasteiger partial charge in [0.15, 0.2) is 11.5 Å². The van der Waals surface area contributed by atoms with Gasteiger partial charge in [-0.2, -0.15) is 5.10 Å². The Balaban J connectivity index is 2.17. The van der Waals surface area contributed by atoms with Gasteiger partial charge in [0, 0.05) is 22.2 Å². The van der Waals surface area contributed by atoms with Crippen LogP contribution in [-0.4, -0.2) is 33.5 Å². The fourth-order valence-corrected chi connectivity index (χ4v) is 2.20. The van der Waals surface area contributed by atoms with Crippen LogP contribution in [0.1, 0.15) is 15.9 Å². The molecule has 6 nitrogen and oxygen atoms in total. The minimum absolute atomic E-state index is 0.367. The summed E-state index contributed by atoms with van der Waals surface area (Å²) in [4.78, 5) is 12.0. The van der Waals surface area contributed by atoms with E-state index in [1.165, 1.54) is 27.5 Å². The van der Waals surface area contributed by atoms with E-state index in [9.17, 15) is 4.79 Å². The van der Waals surface area contributed by atoms with Gasteiger partial charge in [0.1, 0.15) is 5.75 Å². The average Bonchev–Trinajstić information content (AvgIpc) is 2.61. The molecule has 24 heavy (non-hydrogen) atoms. The zero-order valence-electron chi connectivity index (χ0n) is 13.5. The van der Waals surface area contributed by atoms with Gasteiger partial charge in [0.25, 0.3) is 5.91 Å². The predicted molar refractivity (Wildman–Crippen MR) is 92.6 cm³/mol. The van der Waals surface area contributed by atoms with Gasteiger partial charge in [-0.05, 0) is 24.3 Å². The summed E-state index contributed by atoms with van der Waals surface area (Å²) in [7, 11) is 4.60. The summed E-state index contributed by atoms with van der Waals surface area (Å²) in [6.45, 7) is 0. The normalized spacial score (nSPS) is 10.5. The van der Waals surface area contributed by atoms with Crippen molar-refractivity contribution in [3.05, 3.63) is 52.5 Å². The first-order chi connectivity index (χ1) is 11.6. The molecule has 0 saturated carbocycles. The highest BCUT2D eigenvalue weighted by Gasteiger charge is 2.11. The van der Waals surface area contributed by atoms with Crippen molar-refractivity contribution < 1.29 is 19.0 Å². The van der Waals surface area contributed by atoms with Gasteiger partial charge in [-0.25, -0.2) is 5.43 Å². The first-order valence-corrected chi connectivity index (χ1v) is 7.35. The summed E-state index contributed by atoms with van der Waals surface area (Å²) in [5.41, 5.74) is 3.48. The average molecular weight is 349 g/mol. The molecule has 0 aliphatic carbocycles. The van der Waals surface area contributed by atoms with Crippen molar-refractivity contribution in [1.29, 1.82) is 0 Å². The topological polar surface area (TPSA) is 69.2 Å². The Morgan fingerprint density at radius 2 is 1.71 bits per heavy atom. The molecule has 0 unspecified atom stereocenters. The number of ether oxygens (including phenoxy) is 3. The second-order valence-corrected chi connectivity index (χ2v) is 5.10. The lowest BCUT2D eigenvalue weighted by Gasteiger charge is -2.11. The highest BCUT2D eigenvalue weighted by Crippen LogP contribution is 2.33. The molecular formula is C17H17ClN2O4. The molecule has 0 heterocycles. The first kappa shape index (κ1) is 17.6. The molecule has 0 radical (unpaired) electrons. The molecule has 1 amide bonds. The first-order valence-electron chi connectivity index (χ1n) is 6.98. The summed E-state index contributed by atoms with van der Waals surface area (Å²) in [6.07, 6.45) is 1.46. The largest absolute Gasteiger partial charge is 0.496 e. The number of rotatable bonds is 6. The van der Waals surface area contributed by atoms with Crippen LogP contribution in [0.5, 0.6) is 17.2 Å². The Bertz CT molecular complexity index is 762. The lowest BCUT2D eigenvalue weighted by Crippen LogP contribution is -2.17. The predicted octanol–water partition coefficient (Wildman–Crippen LogP) is 3.13. The van der Waals surface area contributed by atoms with Gasteiger partial charge in [0.05, 0.1) is 27.5 Å². The number of nitrogens with zero attached hydrogens (tertiary/aromatic N) is 1. The van der Waals surface area contributed by atoms with Crippen LogP contribution in [0.3, 0.4) is 0 Å². The molecule has 0 aromatic heterocycles. The molecule has 1 N–H and O–H groups in total. The molecule has 0 aliphatic heterocycles. The molecular weight excluding hydrogens is 332 g/mol. The SMILES string of the molecule is COc1cc(OC)c(OC)cc1/C=N\NC(=O)c1cccc(Cl)c1. The molecule has 2 rings (SSSR count). The summed E-state index contributed by atoms with van der Waals surface area (Å²) in [6, 6.07) is 9.97. The number of amides is 1. The number of methoxy groups -OCH3 is 3. The van der Waals surface area contributed by atoms with Gasteiger partial charge < -0.3 is 14.2 Å². The number of halogens is 1. The standard InChI is InChI=1S/C17H17ClN2O4/c1-22-14-9-16(24-3)15(23-2)8-12(14)10-19-20-17(21)11-5-4-6-13(18)7-11/h4-10H,1-3H3,(H,20,21)/b19-10-. The Kier molecular flexibility index (Phi) is 6.03. The molecule has 2 aromatic rings. The van der Waals surface area contributed by atoms with Crippen LogP contribution < -0.4 is 19.6 Å². The summed E-state index contributed by atoms with van der Waals surface area (Å²) in [5, 5.41) is 4.42. The maximum Gasteiger partial charge on any atom is 0.271 e. The fraction of sp³-hybridized carbons (Fsp3) is 0.176. The number of hydrogen-bond donors (Lipinski definition) is 1. The highest BCUT2D eigenvalue weighted by molar-refractivity contribution is 6.30. The van der Waals surface area contributed by atoms with Crippen molar-refractivity contribution in [3.63, 3.8) is 0 Å². The van der Waals surface area contributed by atoms with E-state index in [0.29, 0.717) is 33.4 Å². The third-order valence-corrected chi connectivity index (χ3v) is 3.43. The molecule has 0 fully saturated rings. The summed E-state index contributed by atoms with van der Waals surface area (Å²) in [5.74, 6) is 1.23. The second kappa shape index (κ2) is 8.21. The fourth-order valence-electron chi connectivity index (χ4n) is 2.01. The monoisotopic (exact) mass is 348 g/mol. The number of hydrogen-bond acceptors (Lipinski definition) is 5. The number of nitrogens with one attached hydrogen (secondary N) is 1. The maximum atomic E-state index is 12.0. The molecule has 0 aliphatic rings. The van der Waals surface area contributed by atoms with E-state index in [-0.39, 0.29) is 5.91 Å². The number of carbonyl (C=O) groups is 1. The summed E-state index contributed by atoms with van der Waals surface area (Å²) < 4.78 is 15.7. The van der Waals surface area contributed by atoms with Crippen molar-refractivity contribution in [2.45, 2.75) is 0 Å². The Morgan fingerprint density at radius 1 is 1.04 bits per heavy atom. The lowest BCUT2D eigenvalue weighted by atomic mass is 10.2. The van der Waals surface area contributed by atoms with Crippen LogP contribution in [0.25, 0.3) is 0 Å². The number of hydrazone groups is 1.